The van der Waals surface area contributed by atoms with E-state index in [-0.39, 0.29) is 17.5 Å². The van der Waals surface area contributed by atoms with Gasteiger partial charge >= 0.3 is 6.03 Å². The summed E-state index contributed by atoms with van der Waals surface area (Å²) >= 11 is 1.49. The van der Waals surface area contributed by atoms with E-state index in [1.54, 1.807) is 0 Å². The zero-order valence-electron chi connectivity index (χ0n) is 14.6. The molecule has 3 amide bonds. The number of carbonyl (C=O) groups excluding carboxylic acids is 2. The lowest BCUT2D eigenvalue weighted by Crippen LogP contribution is -2.34. The first-order chi connectivity index (χ1) is 10.6. The minimum atomic E-state index is -0.462. The molecule has 23 heavy (non-hydrogen) atoms. The van der Waals surface area contributed by atoms with Crippen LogP contribution in [-0.4, -0.2) is 18.0 Å². The van der Waals surface area contributed by atoms with E-state index in [1.165, 1.54) is 16.2 Å². The van der Waals surface area contributed by atoms with E-state index < -0.39 is 5.91 Å². The number of anilines is 1. The van der Waals surface area contributed by atoms with Gasteiger partial charge in [0.15, 0.2) is 0 Å². The lowest BCUT2D eigenvalue weighted by Gasteiger charge is -2.33. The van der Waals surface area contributed by atoms with Crippen molar-refractivity contribution in [1.82, 2.24) is 5.32 Å². The van der Waals surface area contributed by atoms with Crippen molar-refractivity contribution in [3.63, 3.8) is 0 Å². The van der Waals surface area contributed by atoms with Crippen molar-refractivity contribution < 1.29 is 9.59 Å². The van der Waals surface area contributed by atoms with Gasteiger partial charge in [0.25, 0.3) is 5.91 Å². The van der Waals surface area contributed by atoms with Gasteiger partial charge in [-0.1, -0.05) is 20.8 Å². The summed E-state index contributed by atoms with van der Waals surface area (Å²) in [6.07, 6.45) is 2.84. The third-order valence-electron chi connectivity index (χ3n) is 4.38. The van der Waals surface area contributed by atoms with Crippen LogP contribution in [0.3, 0.4) is 0 Å². The lowest BCUT2D eigenvalue weighted by atomic mass is 9.72. The Labute approximate surface area is 142 Å². The molecule has 1 atom stereocenters. The quantitative estimate of drug-likeness (QED) is 0.788. The highest BCUT2D eigenvalue weighted by atomic mass is 32.1. The Bertz CT molecular complexity index is 614. The van der Waals surface area contributed by atoms with Crippen LogP contribution in [0.15, 0.2) is 0 Å². The Kier molecular flexibility index (Phi) is 5.04. The summed E-state index contributed by atoms with van der Waals surface area (Å²) in [6.45, 7) is 10.5. The fraction of sp³-hybridized carbons (Fsp3) is 0.647. The van der Waals surface area contributed by atoms with Crippen molar-refractivity contribution in [2.75, 3.05) is 5.32 Å². The summed E-state index contributed by atoms with van der Waals surface area (Å²) in [7, 11) is 0. The zero-order chi connectivity index (χ0) is 17.4. The standard InChI is InChI=1S/C17H27N3O2S/c1-9(2)19-16(22)20-15-13(14(18)21)11-7-6-10(17(3,4)5)8-12(11)23-15/h9-10H,6-8H2,1-5H3,(H2,18,21)(H2,19,20,22). The van der Waals surface area contributed by atoms with E-state index >= 15 is 0 Å². The van der Waals surface area contributed by atoms with Crippen LogP contribution in [0.25, 0.3) is 0 Å². The average molecular weight is 337 g/mol. The normalized spacial score (nSPS) is 17.7. The van der Waals surface area contributed by atoms with Gasteiger partial charge in [-0.2, -0.15) is 0 Å². The highest BCUT2D eigenvalue weighted by molar-refractivity contribution is 7.17. The Morgan fingerprint density at radius 1 is 1.30 bits per heavy atom. The summed E-state index contributed by atoms with van der Waals surface area (Å²) in [6, 6.07) is -0.264. The predicted octanol–water partition coefficient (Wildman–Crippen LogP) is 3.53. The number of nitrogens with one attached hydrogen (secondary N) is 2. The fourth-order valence-corrected chi connectivity index (χ4v) is 4.40. The number of rotatable bonds is 3. The van der Waals surface area contributed by atoms with Crippen molar-refractivity contribution in [3.8, 4) is 0 Å². The minimum absolute atomic E-state index is 0.0342. The first kappa shape index (κ1) is 17.8. The molecule has 0 fully saturated rings. The number of primary amides is 1. The van der Waals surface area contributed by atoms with Gasteiger partial charge in [-0.15, -0.1) is 11.3 Å². The molecule has 0 bridgehead atoms. The van der Waals surface area contributed by atoms with Crippen molar-refractivity contribution in [1.29, 1.82) is 0 Å². The second-order valence-electron chi connectivity index (χ2n) is 7.63. The summed E-state index contributed by atoms with van der Waals surface area (Å²) in [4.78, 5) is 25.0. The number of thiophene rings is 1. The van der Waals surface area contributed by atoms with Crippen LogP contribution in [0, 0.1) is 11.3 Å². The highest BCUT2D eigenvalue weighted by Crippen LogP contribution is 2.44. The Morgan fingerprint density at radius 3 is 2.48 bits per heavy atom. The molecule has 0 spiro atoms. The summed E-state index contributed by atoms with van der Waals surface area (Å²) in [5.41, 5.74) is 7.34. The van der Waals surface area contributed by atoms with Gasteiger partial charge in [0.05, 0.1) is 5.56 Å². The molecule has 4 N–H and O–H groups in total. The van der Waals surface area contributed by atoms with Crippen LogP contribution in [0.2, 0.25) is 0 Å². The molecule has 6 heteroatoms. The van der Waals surface area contributed by atoms with E-state index in [0.29, 0.717) is 16.5 Å². The molecule has 1 aromatic heterocycles. The topological polar surface area (TPSA) is 84.2 Å². The summed E-state index contributed by atoms with van der Waals surface area (Å²) in [5.74, 6) is 0.114. The molecular formula is C17H27N3O2S. The maximum Gasteiger partial charge on any atom is 0.320 e. The molecule has 0 aromatic carbocycles. The number of hydrogen-bond donors (Lipinski definition) is 3. The number of hydrogen-bond acceptors (Lipinski definition) is 3. The van der Waals surface area contributed by atoms with Crippen molar-refractivity contribution in [3.05, 3.63) is 16.0 Å². The highest BCUT2D eigenvalue weighted by Gasteiger charge is 2.33. The van der Waals surface area contributed by atoms with Gasteiger partial charge < -0.3 is 11.1 Å². The second kappa shape index (κ2) is 6.51. The van der Waals surface area contributed by atoms with Gasteiger partial charge in [-0.3, -0.25) is 10.1 Å². The Hall–Kier alpha value is -1.56. The molecule has 1 aromatic rings. The van der Waals surface area contributed by atoms with E-state index in [4.69, 9.17) is 5.73 Å². The molecular weight excluding hydrogens is 310 g/mol. The van der Waals surface area contributed by atoms with Gasteiger partial charge in [0.2, 0.25) is 0 Å². The molecule has 2 rings (SSSR count). The van der Waals surface area contributed by atoms with Crippen LogP contribution in [0.5, 0.6) is 0 Å². The summed E-state index contributed by atoms with van der Waals surface area (Å²) < 4.78 is 0. The molecule has 0 radical (unpaired) electrons. The summed E-state index contributed by atoms with van der Waals surface area (Å²) in [5, 5.41) is 6.16. The average Bonchev–Trinajstić information content (AvgIpc) is 2.72. The largest absolute Gasteiger partial charge is 0.365 e. The Balaban J connectivity index is 2.30. The lowest BCUT2D eigenvalue weighted by molar-refractivity contribution is 0.1000. The third kappa shape index (κ3) is 4.05. The molecule has 1 aliphatic rings. The molecule has 1 heterocycles. The van der Waals surface area contributed by atoms with E-state index in [9.17, 15) is 9.59 Å². The molecule has 1 aliphatic carbocycles. The van der Waals surface area contributed by atoms with Crippen LogP contribution in [-0.2, 0) is 12.8 Å². The molecule has 128 valence electrons. The maximum absolute atomic E-state index is 12.0. The SMILES string of the molecule is CC(C)NC(=O)Nc1sc2c(c1C(N)=O)CCC(C(C)(C)C)C2. The molecule has 1 unspecified atom stereocenters. The molecule has 0 saturated carbocycles. The van der Waals surface area contributed by atoms with Crippen LogP contribution in [0.4, 0.5) is 9.80 Å². The van der Waals surface area contributed by atoms with Gasteiger partial charge in [0.1, 0.15) is 5.00 Å². The van der Waals surface area contributed by atoms with E-state index in [1.807, 2.05) is 13.8 Å². The number of amides is 3. The number of urea groups is 1. The number of carbonyl (C=O) groups is 2. The first-order valence-electron chi connectivity index (χ1n) is 8.11. The number of fused-ring (bicyclic) bond motifs is 1. The molecule has 5 nitrogen and oxygen atoms in total. The van der Waals surface area contributed by atoms with Crippen LogP contribution in [0.1, 0.15) is 61.8 Å². The fourth-order valence-electron chi connectivity index (χ4n) is 3.08. The maximum atomic E-state index is 12.0. The second-order valence-corrected chi connectivity index (χ2v) is 8.74. The monoisotopic (exact) mass is 337 g/mol. The van der Waals surface area contributed by atoms with Crippen LogP contribution >= 0.6 is 11.3 Å². The van der Waals surface area contributed by atoms with Crippen molar-refractivity contribution >= 4 is 28.3 Å². The predicted molar refractivity (Wildman–Crippen MR) is 95.1 cm³/mol. The zero-order valence-corrected chi connectivity index (χ0v) is 15.4. The van der Waals surface area contributed by atoms with E-state index in [2.05, 4.69) is 31.4 Å². The van der Waals surface area contributed by atoms with Crippen molar-refractivity contribution in [2.45, 2.75) is 59.9 Å². The smallest absolute Gasteiger partial charge is 0.320 e. The van der Waals surface area contributed by atoms with E-state index in [0.717, 1.165) is 24.8 Å². The molecule has 0 saturated heterocycles. The minimum Gasteiger partial charge on any atom is -0.365 e. The number of nitrogens with two attached hydrogens (primary N) is 1. The molecule has 0 aliphatic heterocycles. The van der Waals surface area contributed by atoms with Gasteiger partial charge in [-0.05, 0) is 50.0 Å². The van der Waals surface area contributed by atoms with Gasteiger partial charge in [-0.25, -0.2) is 4.79 Å². The Morgan fingerprint density at radius 2 is 1.96 bits per heavy atom. The van der Waals surface area contributed by atoms with Gasteiger partial charge in [0, 0.05) is 10.9 Å². The third-order valence-corrected chi connectivity index (χ3v) is 5.55. The van der Waals surface area contributed by atoms with Crippen molar-refractivity contribution in [2.24, 2.45) is 17.1 Å². The first-order valence-corrected chi connectivity index (χ1v) is 8.93. The van der Waals surface area contributed by atoms with Crippen LogP contribution < -0.4 is 16.4 Å².